The van der Waals surface area contributed by atoms with E-state index in [0.717, 1.165) is 31.5 Å². The zero-order chi connectivity index (χ0) is 10.5. The molecule has 0 aromatic heterocycles. The van der Waals surface area contributed by atoms with Gasteiger partial charge in [-0.3, -0.25) is 0 Å². The van der Waals surface area contributed by atoms with Gasteiger partial charge in [-0.05, 0) is 51.2 Å². The predicted molar refractivity (Wildman–Crippen MR) is 60.4 cm³/mol. The molecule has 1 aliphatic carbocycles. The monoisotopic (exact) mass is 207 g/mol. The summed E-state index contributed by atoms with van der Waals surface area (Å²) >= 11 is 0. The zero-order valence-electron chi connectivity index (χ0n) is 9.41. The van der Waals surface area contributed by atoms with Gasteiger partial charge in [-0.1, -0.05) is 0 Å². The highest BCUT2D eigenvalue weighted by molar-refractivity contribution is 4.89. The molecule has 84 valence electrons. The number of likely N-dealkylation sites (tertiary alicyclic amines) is 1. The summed E-state index contributed by atoms with van der Waals surface area (Å²) in [5.41, 5.74) is 0. The summed E-state index contributed by atoms with van der Waals surface area (Å²) in [6.07, 6.45) is 5.91. The minimum absolute atomic E-state index is 0.686. The molecule has 2 fully saturated rings. The maximum Gasteiger partial charge on any atom is 0.0622 e. The summed E-state index contributed by atoms with van der Waals surface area (Å²) in [4.78, 5) is 2.65. The fourth-order valence-electron chi connectivity index (χ4n) is 2.40. The standard InChI is InChI=1S/C12H21N3/c13-6-1-2-7-14-9-11-5-8-15(10-11)12-3-4-12/h11-12,14H,1-5,7-10H2. The Morgan fingerprint density at radius 1 is 1.33 bits per heavy atom. The van der Waals surface area contributed by atoms with Crippen LogP contribution in [-0.2, 0) is 0 Å². The topological polar surface area (TPSA) is 39.1 Å². The Morgan fingerprint density at radius 3 is 2.93 bits per heavy atom. The second-order valence-electron chi connectivity index (χ2n) is 4.85. The molecule has 1 aliphatic heterocycles. The van der Waals surface area contributed by atoms with Crippen molar-refractivity contribution in [2.24, 2.45) is 5.92 Å². The Hall–Kier alpha value is -0.590. The van der Waals surface area contributed by atoms with Crippen LogP contribution < -0.4 is 5.32 Å². The van der Waals surface area contributed by atoms with Crippen molar-refractivity contribution in [2.45, 2.75) is 38.1 Å². The van der Waals surface area contributed by atoms with Gasteiger partial charge in [0.15, 0.2) is 0 Å². The molecule has 1 atom stereocenters. The van der Waals surface area contributed by atoms with Crippen LogP contribution in [0.15, 0.2) is 0 Å². The molecule has 1 saturated heterocycles. The molecule has 2 aliphatic rings. The van der Waals surface area contributed by atoms with Gasteiger partial charge in [0.2, 0.25) is 0 Å². The number of nitrogens with zero attached hydrogens (tertiary/aromatic N) is 2. The molecule has 1 heterocycles. The van der Waals surface area contributed by atoms with Crippen LogP contribution in [0.5, 0.6) is 0 Å². The van der Waals surface area contributed by atoms with Crippen molar-refractivity contribution in [1.29, 1.82) is 5.26 Å². The van der Waals surface area contributed by atoms with Gasteiger partial charge in [-0.15, -0.1) is 0 Å². The highest BCUT2D eigenvalue weighted by atomic mass is 15.2. The van der Waals surface area contributed by atoms with Crippen LogP contribution in [0, 0.1) is 17.2 Å². The van der Waals surface area contributed by atoms with E-state index in [1.54, 1.807) is 0 Å². The van der Waals surface area contributed by atoms with Gasteiger partial charge < -0.3 is 10.2 Å². The fraction of sp³-hybridized carbons (Fsp3) is 0.917. The van der Waals surface area contributed by atoms with Crippen LogP contribution in [-0.4, -0.2) is 37.1 Å². The number of unbranched alkanes of at least 4 members (excludes halogenated alkanes) is 1. The molecule has 3 nitrogen and oxygen atoms in total. The van der Waals surface area contributed by atoms with Gasteiger partial charge in [0, 0.05) is 19.0 Å². The summed E-state index contributed by atoms with van der Waals surface area (Å²) < 4.78 is 0. The number of nitrogens with one attached hydrogen (secondary N) is 1. The van der Waals surface area contributed by atoms with Crippen molar-refractivity contribution in [3.8, 4) is 6.07 Å². The van der Waals surface area contributed by atoms with Crippen LogP contribution in [0.25, 0.3) is 0 Å². The van der Waals surface area contributed by atoms with Gasteiger partial charge in [-0.25, -0.2) is 0 Å². The van der Waals surface area contributed by atoms with Crippen LogP contribution >= 0.6 is 0 Å². The molecule has 1 saturated carbocycles. The second kappa shape index (κ2) is 5.48. The van der Waals surface area contributed by atoms with E-state index in [4.69, 9.17) is 5.26 Å². The summed E-state index contributed by atoms with van der Waals surface area (Å²) in [6.45, 7) is 4.77. The quantitative estimate of drug-likeness (QED) is 0.668. The lowest BCUT2D eigenvalue weighted by Gasteiger charge is -2.14. The molecule has 0 spiro atoms. The predicted octanol–water partition coefficient (Wildman–Crippen LogP) is 1.36. The molecule has 0 aromatic rings. The molecule has 2 rings (SSSR count). The van der Waals surface area contributed by atoms with E-state index < -0.39 is 0 Å². The van der Waals surface area contributed by atoms with Crippen LogP contribution in [0.3, 0.4) is 0 Å². The van der Waals surface area contributed by atoms with Crippen LogP contribution in [0.1, 0.15) is 32.1 Å². The smallest absolute Gasteiger partial charge is 0.0622 e. The Kier molecular flexibility index (Phi) is 3.99. The second-order valence-corrected chi connectivity index (χ2v) is 4.85. The lowest BCUT2D eigenvalue weighted by atomic mass is 10.1. The normalized spacial score (nSPS) is 26.7. The molecular formula is C12H21N3. The minimum Gasteiger partial charge on any atom is -0.316 e. The van der Waals surface area contributed by atoms with E-state index >= 15 is 0 Å². The Labute approximate surface area is 92.4 Å². The van der Waals surface area contributed by atoms with E-state index in [1.165, 1.54) is 32.4 Å². The first-order valence-corrected chi connectivity index (χ1v) is 6.22. The molecule has 0 bridgehead atoms. The van der Waals surface area contributed by atoms with Crippen molar-refractivity contribution in [3.05, 3.63) is 0 Å². The van der Waals surface area contributed by atoms with Crippen molar-refractivity contribution in [3.63, 3.8) is 0 Å². The molecule has 0 amide bonds. The minimum atomic E-state index is 0.686. The number of rotatable bonds is 6. The molecule has 1 unspecified atom stereocenters. The number of hydrogen-bond donors (Lipinski definition) is 1. The number of nitriles is 1. The first kappa shape index (κ1) is 10.9. The van der Waals surface area contributed by atoms with Crippen LogP contribution in [0.2, 0.25) is 0 Å². The third-order valence-electron chi connectivity index (χ3n) is 3.46. The van der Waals surface area contributed by atoms with Crippen molar-refractivity contribution < 1.29 is 0 Å². The highest BCUT2D eigenvalue weighted by Crippen LogP contribution is 2.31. The molecule has 0 radical (unpaired) electrons. The lowest BCUT2D eigenvalue weighted by Crippen LogP contribution is -2.28. The maximum absolute atomic E-state index is 8.40. The van der Waals surface area contributed by atoms with E-state index in [1.807, 2.05) is 0 Å². The maximum atomic E-state index is 8.40. The molecule has 15 heavy (non-hydrogen) atoms. The summed E-state index contributed by atoms with van der Waals surface area (Å²) in [5, 5.41) is 11.9. The molecule has 1 N–H and O–H groups in total. The van der Waals surface area contributed by atoms with E-state index in [-0.39, 0.29) is 0 Å². The first-order valence-electron chi connectivity index (χ1n) is 6.22. The lowest BCUT2D eigenvalue weighted by molar-refractivity contribution is 0.312. The third-order valence-corrected chi connectivity index (χ3v) is 3.46. The molecule has 3 heteroatoms. The summed E-state index contributed by atoms with van der Waals surface area (Å²) in [6, 6.07) is 3.12. The van der Waals surface area contributed by atoms with Gasteiger partial charge in [-0.2, -0.15) is 5.26 Å². The van der Waals surface area contributed by atoms with Crippen molar-refractivity contribution in [1.82, 2.24) is 10.2 Å². The van der Waals surface area contributed by atoms with Gasteiger partial charge >= 0.3 is 0 Å². The number of hydrogen-bond acceptors (Lipinski definition) is 3. The van der Waals surface area contributed by atoms with Crippen molar-refractivity contribution >= 4 is 0 Å². The van der Waals surface area contributed by atoms with E-state index in [0.29, 0.717) is 6.42 Å². The van der Waals surface area contributed by atoms with Gasteiger partial charge in [0.05, 0.1) is 6.07 Å². The zero-order valence-corrected chi connectivity index (χ0v) is 9.41. The van der Waals surface area contributed by atoms with Gasteiger partial charge in [0.1, 0.15) is 0 Å². The Balaban J connectivity index is 1.51. The summed E-state index contributed by atoms with van der Waals surface area (Å²) in [5.74, 6) is 0.854. The first-order chi connectivity index (χ1) is 7.40. The summed E-state index contributed by atoms with van der Waals surface area (Å²) in [7, 11) is 0. The average molecular weight is 207 g/mol. The van der Waals surface area contributed by atoms with Crippen LogP contribution in [0.4, 0.5) is 0 Å². The van der Waals surface area contributed by atoms with Gasteiger partial charge in [0.25, 0.3) is 0 Å². The van der Waals surface area contributed by atoms with E-state index in [2.05, 4.69) is 16.3 Å². The fourth-order valence-corrected chi connectivity index (χ4v) is 2.40. The van der Waals surface area contributed by atoms with E-state index in [9.17, 15) is 0 Å². The molecular weight excluding hydrogens is 186 g/mol. The highest BCUT2D eigenvalue weighted by Gasteiger charge is 2.33. The third kappa shape index (κ3) is 3.48. The van der Waals surface area contributed by atoms with Crippen molar-refractivity contribution in [2.75, 3.05) is 26.2 Å². The Bertz CT molecular complexity index is 230. The molecule has 0 aromatic carbocycles. The largest absolute Gasteiger partial charge is 0.316 e. The Morgan fingerprint density at radius 2 is 2.20 bits per heavy atom. The SMILES string of the molecule is N#CCCCNCC1CCN(C2CC2)C1. The average Bonchev–Trinajstić information content (AvgIpc) is 2.99.